The molecule has 0 saturated heterocycles. The Morgan fingerprint density at radius 2 is 1.26 bits per heavy atom. The summed E-state index contributed by atoms with van der Waals surface area (Å²) in [5.41, 5.74) is 0. The van der Waals surface area contributed by atoms with Gasteiger partial charge in [-0.15, -0.1) is 0 Å². The zero-order valence-corrected chi connectivity index (χ0v) is 15.9. The van der Waals surface area contributed by atoms with Gasteiger partial charge in [0.2, 0.25) is 0 Å². The van der Waals surface area contributed by atoms with Gasteiger partial charge in [0, 0.05) is 0 Å². The van der Waals surface area contributed by atoms with E-state index in [0.717, 1.165) is 6.42 Å². The van der Waals surface area contributed by atoms with Gasteiger partial charge in [-0.2, -0.15) is 0 Å². The molecule has 0 atom stereocenters. The van der Waals surface area contributed by atoms with Crippen LogP contribution in [0.3, 0.4) is 0 Å². The second-order valence-corrected chi connectivity index (χ2v) is 6.91. The third-order valence-corrected chi connectivity index (χ3v) is 4.12. The molecule has 0 fully saturated rings. The average Bonchev–Trinajstić information content (AvgIpc) is 2.54. The molecule has 0 aromatic carbocycles. The summed E-state index contributed by atoms with van der Waals surface area (Å²) in [5, 5.41) is 0. The van der Waals surface area contributed by atoms with Crippen molar-refractivity contribution in [3.05, 3.63) is 12.2 Å². The average molecular weight is 325 g/mol. The molecular formula is C21H40O2. The molecule has 0 aliphatic heterocycles. The van der Waals surface area contributed by atoms with Crippen molar-refractivity contribution in [2.45, 2.75) is 104 Å². The normalized spacial score (nSPS) is 11.5. The monoisotopic (exact) mass is 324 g/mol. The fourth-order valence-corrected chi connectivity index (χ4v) is 2.51. The number of ether oxygens (including phenoxy) is 1. The van der Waals surface area contributed by atoms with Crippen molar-refractivity contribution in [3.63, 3.8) is 0 Å². The summed E-state index contributed by atoms with van der Waals surface area (Å²) in [7, 11) is 0. The van der Waals surface area contributed by atoms with Crippen LogP contribution in [0.25, 0.3) is 0 Å². The molecule has 0 N–H and O–H groups in total. The zero-order valence-electron chi connectivity index (χ0n) is 15.9. The van der Waals surface area contributed by atoms with E-state index in [1.807, 2.05) is 13.8 Å². The molecule has 0 aliphatic rings. The minimum absolute atomic E-state index is 0.000560. The van der Waals surface area contributed by atoms with Gasteiger partial charge in [0.25, 0.3) is 0 Å². The minimum Gasteiger partial charge on any atom is -0.465 e. The number of hydrogen-bond donors (Lipinski definition) is 0. The Morgan fingerprint density at radius 3 is 1.78 bits per heavy atom. The van der Waals surface area contributed by atoms with Crippen LogP contribution in [0, 0.1) is 5.92 Å². The van der Waals surface area contributed by atoms with Crippen LogP contribution in [0.2, 0.25) is 0 Å². The number of carbonyl (C=O) groups is 1. The van der Waals surface area contributed by atoms with Crippen LogP contribution in [0.1, 0.15) is 104 Å². The number of allylic oxidation sites excluding steroid dienone is 2. The molecule has 0 bridgehead atoms. The van der Waals surface area contributed by atoms with E-state index >= 15 is 0 Å². The Bertz CT molecular complexity index is 282. The molecule has 0 aliphatic carbocycles. The van der Waals surface area contributed by atoms with Gasteiger partial charge in [0.15, 0.2) is 0 Å². The van der Waals surface area contributed by atoms with Crippen molar-refractivity contribution in [1.82, 2.24) is 0 Å². The lowest BCUT2D eigenvalue weighted by atomic mass is 10.1. The molecule has 2 heteroatoms. The molecule has 0 unspecified atom stereocenters. The van der Waals surface area contributed by atoms with E-state index < -0.39 is 0 Å². The number of rotatable bonds is 16. The third kappa shape index (κ3) is 17.4. The molecule has 0 aromatic rings. The van der Waals surface area contributed by atoms with Gasteiger partial charge in [0.1, 0.15) is 0 Å². The molecule has 0 saturated carbocycles. The van der Waals surface area contributed by atoms with Crippen LogP contribution in [0.5, 0.6) is 0 Å². The highest BCUT2D eigenvalue weighted by molar-refractivity contribution is 5.71. The van der Waals surface area contributed by atoms with Crippen LogP contribution < -0.4 is 0 Å². The predicted octanol–water partition coefficient (Wildman–Crippen LogP) is 6.83. The maximum atomic E-state index is 11.3. The van der Waals surface area contributed by atoms with Crippen LogP contribution in [-0.4, -0.2) is 12.6 Å². The molecule has 0 rings (SSSR count). The summed E-state index contributed by atoms with van der Waals surface area (Å²) in [6.45, 7) is 6.62. The van der Waals surface area contributed by atoms with E-state index in [4.69, 9.17) is 4.74 Å². The number of hydrogen-bond acceptors (Lipinski definition) is 2. The molecular weight excluding hydrogens is 284 g/mol. The largest absolute Gasteiger partial charge is 0.465 e. The summed E-state index contributed by atoms with van der Waals surface area (Å²) in [4.78, 5) is 11.3. The van der Waals surface area contributed by atoms with Crippen molar-refractivity contribution in [2.24, 2.45) is 5.92 Å². The molecule has 0 heterocycles. The molecule has 0 radical (unpaired) electrons. The van der Waals surface area contributed by atoms with Crippen LogP contribution >= 0.6 is 0 Å². The summed E-state index contributed by atoms with van der Waals surface area (Å²) < 4.78 is 5.17. The standard InChI is InChI=1S/C21H40O2/c1-4-5-6-7-8-9-10-11-12-13-14-15-16-17-18-19-23-21(22)20(2)3/h10-11,20H,4-9,12-19H2,1-3H3. The molecule has 136 valence electrons. The topological polar surface area (TPSA) is 26.3 Å². The van der Waals surface area contributed by atoms with Gasteiger partial charge >= 0.3 is 5.97 Å². The van der Waals surface area contributed by atoms with Gasteiger partial charge in [0.05, 0.1) is 12.5 Å². The first-order valence-corrected chi connectivity index (χ1v) is 10.00. The Balaban J connectivity index is 3.14. The van der Waals surface area contributed by atoms with Crippen LogP contribution in [-0.2, 0) is 9.53 Å². The Labute approximate surface area is 145 Å². The van der Waals surface area contributed by atoms with E-state index in [9.17, 15) is 4.79 Å². The van der Waals surface area contributed by atoms with Gasteiger partial charge < -0.3 is 4.74 Å². The van der Waals surface area contributed by atoms with Crippen molar-refractivity contribution < 1.29 is 9.53 Å². The summed E-state index contributed by atoms with van der Waals surface area (Å²) in [6.07, 6.45) is 21.5. The predicted molar refractivity (Wildman–Crippen MR) is 101 cm³/mol. The highest BCUT2D eigenvalue weighted by Gasteiger charge is 2.06. The maximum absolute atomic E-state index is 11.3. The van der Waals surface area contributed by atoms with Crippen LogP contribution in [0.15, 0.2) is 12.2 Å². The molecule has 0 aromatic heterocycles. The second-order valence-electron chi connectivity index (χ2n) is 6.91. The Kier molecular flexibility index (Phi) is 17.0. The lowest BCUT2D eigenvalue weighted by Gasteiger charge is -2.06. The van der Waals surface area contributed by atoms with Gasteiger partial charge in [-0.3, -0.25) is 4.79 Å². The van der Waals surface area contributed by atoms with Gasteiger partial charge in [-0.25, -0.2) is 0 Å². The molecule has 23 heavy (non-hydrogen) atoms. The second kappa shape index (κ2) is 17.6. The van der Waals surface area contributed by atoms with E-state index in [1.54, 1.807) is 0 Å². The molecule has 0 spiro atoms. The quantitative estimate of drug-likeness (QED) is 0.177. The van der Waals surface area contributed by atoms with E-state index in [0.29, 0.717) is 6.61 Å². The highest BCUT2D eigenvalue weighted by atomic mass is 16.5. The Hall–Kier alpha value is -0.790. The van der Waals surface area contributed by atoms with E-state index in [-0.39, 0.29) is 11.9 Å². The fraction of sp³-hybridized carbons (Fsp3) is 0.857. The van der Waals surface area contributed by atoms with E-state index in [1.165, 1.54) is 77.0 Å². The van der Waals surface area contributed by atoms with Crippen molar-refractivity contribution in [3.8, 4) is 0 Å². The van der Waals surface area contributed by atoms with Crippen molar-refractivity contribution in [2.75, 3.05) is 6.61 Å². The number of unbranched alkanes of at least 4 members (excludes halogenated alkanes) is 11. The van der Waals surface area contributed by atoms with Crippen LogP contribution in [0.4, 0.5) is 0 Å². The number of esters is 1. The zero-order chi connectivity index (χ0) is 17.2. The third-order valence-electron chi connectivity index (χ3n) is 4.12. The molecule has 0 amide bonds. The Morgan fingerprint density at radius 1 is 0.783 bits per heavy atom. The first kappa shape index (κ1) is 22.2. The summed E-state index contributed by atoms with van der Waals surface area (Å²) >= 11 is 0. The van der Waals surface area contributed by atoms with Crippen molar-refractivity contribution >= 4 is 5.97 Å². The highest BCUT2D eigenvalue weighted by Crippen LogP contribution is 2.09. The fourth-order valence-electron chi connectivity index (χ4n) is 2.51. The summed E-state index contributed by atoms with van der Waals surface area (Å²) in [6, 6.07) is 0. The lowest BCUT2D eigenvalue weighted by molar-refractivity contribution is -0.147. The smallest absolute Gasteiger partial charge is 0.308 e. The van der Waals surface area contributed by atoms with E-state index in [2.05, 4.69) is 19.1 Å². The first-order valence-electron chi connectivity index (χ1n) is 10.00. The minimum atomic E-state index is -0.0675. The summed E-state index contributed by atoms with van der Waals surface area (Å²) in [5.74, 6) is -0.0680. The first-order chi connectivity index (χ1) is 11.2. The van der Waals surface area contributed by atoms with Crippen molar-refractivity contribution in [1.29, 1.82) is 0 Å². The lowest BCUT2D eigenvalue weighted by Crippen LogP contribution is -2.12. The number of carbonyl (C=O) groups excluding carboxylic acids is 1. The SMILES string of the molecule is CCCCCCCC=CCCCCCCCCOC(=O)C(C)C. The molecule has 2 nitrogen and oxygen atoms in total. The van der Waals surface area contributed by atoms with Gasteiger partial charge in [-0.1, -0.05) is 84.3 Å². The maximum Gasteiger partial charge on any atom is 0.308 e. The van der Waals surface area contributed by atoms with Gasteiger partial charge in [-0.05, 0) is 32.1 Å².